The van der Waals surface area contributed by atoms with Gasteiger partial charge in [-0.2, -0.15) is 4.31 Å². The van der Waals surface area contributed by atoms with Gasteiger partial charge in [0.1, 0.15) is 0 Å². The summed E-state index contributed by atoms with van der Waals surface area (Å²) in [5.41, 5.74) is 2.21. The Balaban J connectivity index is 2.74. The molecule has 5 heteroatoms. The van der Waals surface area contributed by atoms with Crippen LogP contribution in [0.5, 0.6) is 0 Å². The van der Waals surface area contributed by atoms with Crippen LogP contribution in [0.1, 0.15) is 37.3 Å². The van der Waals surface area contributed by atoms with Crippen LogP contribution in [0.3, 0.4) is 0 Å². The van der Waals surface area contributed by atoms with E-state index in [1.165, 1.54) is 5.56 Å². The molecule has 0 radical (unpaired) electrons. The minimum absolute atomic E-state index is 0.186. The van der Waals surface area contributed by atoms with Gasteiger partial charge in [0, 0.05) is 19.0 Å². The molecule has 0 heterocycles. The summed E-state index contributed by atoms with van der Waals surface area (Å²) >= 11 is 5.61. The molecule has 0 aromatic heterocycles. The van der Waals surface area contributed by atoms with Gasteiger partial charge in [-0.05, 0) is 31.7 Å². The van der Waals surface area contributed by atoms with Crippen LogP contribution >= 0.6 is 11.6 Å². The van der Waals surface area contributed by atoms with Crippen molar-refractivity contribution in [1.29, 1.82) is 0 Å². The average molecular weight is 318 g/mol. The lowest BCUT2D eigenvalue weighted by molar-refractivity contribution is 0.405. The molecular weight excluding hydrogens is 294 g/mol. The maximum Gasteiger partial charge on any atom is 0.214 e. The highest BCUT2D eigenvalue weighted by atomic mass is 35.5. The van der Waals surface area contributed by atoms with Crippen molar-refractivity contribution < 1.29 is 8.42 Å². The molecule has 0 saturated carbocycles. The first-order valence-corrected chi connectivity index (χ1v) is 9.23. The highest BCUT2D eigenvalue weighted by Gasteiger charge is 2.20. The first-order valence-electron chi connectivity index (χ1n) is 7.09. The first kappa shape index (κ1) is 17.5. The van der Waals surface area contributed by atoms with E-state index in [0.29, 0.717) is 25.4 Å². The molecule has 0 atom stereocenters. The van der Waals surface area contributed by atoms with Gasteiger partial charge in [0.05, 0.1) is 5.75 Å². The molecule has 0 aliphatic carbocycles. The molecule has 3 nitrogen and oxygen atoms in total. The number of aryl methyl sites for hydroxylation is 1. The van der Waals surface area contributed by atoms with Crippen molar-refractivity contribution in [2.24, 2.45) is 0 Å². The van der Waals surface area contributed by atoms with Gasteiger partial charge in [0.2, 0.25) is 10.0 Å². The number of sulfonamides is 1. The monoisotopic (exact) mass is 317 g/mol. The number of alkyl halides is 1. The van der Waals surface area contributed by atoms with Gasteiger partial charge in [0.15, 0.2) is 0 Å². The van der Waals surface area contributed by atoms with E-state index in [2.05, 4.69) is 0 Å². The Labute approximate surface area is 128 Å². The smallest absolute Gasteiger partial charge is 0.212 e. The molecular formula is C15H24ClNO2S. The predicted molar refractivity (Wildman–Crippen MR) is 85.6 cm³/mol. The standard InChI is InChI=1S/C15H24ClNO2S/c1-3-11-17(20(18,19)12-5-4-10-16)13-15-8-6-14(2)7-9-15/h6-9H,3-5,10-13H2,1-2H3. The summed E-state index contributed by atoms with van der Waals surface area (Å²) in [4.78, 5) is 0. The van der Waals surface area contributed by atoms with Crippen molar-refractivity contribution in [1.82, 2.24) is 4.31 Å². The van der Waals surface area contributed by atoms with E-state index in [0.717, 1.165) is 18.4 Å². The van der Waals surface area contributed by atoms with Gasteiger partial charge in [-0.15, -0.1) is 11.6 Å². The quantitative estimate of drug-likeness (QED) is 0.516. The summed E-state index contributed by atoms with van der Waals surface area (Å²) in [6.45, 7) is 5.04. The molecule has 1 aromatic carbocycles. The summed E-state index contributed by atoms with van der Waals surface area (Å²) in [7, 11) is -3.19. The second-order valence-corrected chi connectivity index (χ2v) is 7.50. The van der Waals surface area contributed by atoms with Crippen molar-refractivity contribution in [3.05, 3.63) is 35.4 Å². The highest BCUT2D eigenvalue weighted by Crippen LogP contribution is 2.13. The van der Waals surface area contributed by atoms with Gasteiger partial charge < -0.3 is 0 Å². The minimum Gasteiger partial charge on any atom is -0.212 e. The van der Waals surface area contributed by atoms with E-state index in [4.69, 9.17) is 11.6 Å². The third kappa shape index (κ3) is 5.81. The van der Waals surface area contributed by atoms with Crippen LogP contribution in [0.4, 0.5) is 0 Å². The molecule has 114 valence electrons. The Morgan fingerprint density at radius 1 is 1.15 bits per heavy atom. The fraction of sp³-hybridized carbons (Fsp3) is 0.600. The fourth-order valence-electron chi connectivity index (χ4n) is 1.97. The van der Waals surface area contributed by atoms with Crippen molar-refractivity contribution in [3.63, 3.8) is 0 Å². The second kappa shape index (κ2) is 8.65. The van der Waals surface area contributed by atoms with Crippen LogP contribution in [0, 0.1) is 6.92 Å². The SMILES string of the molecule is CCCN(Cc1ccc(C)cc1)S(=O)(=O)CCCCCl. The summed E-state index contributed by atoms with van der Waals surface area (Å²) in [6.07, 6.45) is 2.19. The molecule has 1 aromatic rings. The molecule has 0 N–H and O–H groups in total. The zero-order chi connectivity index (χ0) is 15.0. The number of halogens is 1. The van der Waals surface area contributed by atoms with Gasteiger partial charge in [-0.1, -0.05) is 36.8 Å². The Morgan fingerprint density at radius 3 is 2.35 bits per heavy atom. The average Bonchev–Trinajstić information content (AvgIpc) is 2.41. The summed E-state index contributed by atoms with van der Waals surface area (Å²) in [5, 5.41) is 0. The summed E-state index contributed by atoms with van der Waals surface area (Å²) in [5.74, 6) is 0.701. The topological polar surface area (TPSA) is 37.4 Å². The lowest BCUT2D eigenvalue weighted by Crippen LogP contribution is -2.33. The third-order valence-electron chi connectivity index (χ3n) is 3.13. The van der Waals surface area contributed by atoms with Crippen LogP contribution in [-0.2, 0) is 16.6 Å². The fourth-order valence-corrected chi connectivity index (χ4v) is 3.79. The zero-order valence-electron chi connectivity index (χ0n) is 12.3. The molecule has 1 rings (SSSR count). The Bertz CT molecular complexity index is 485. The second-order valence-electron chi connectivity index (χ2n) is 5.03. The summed E-state index contributed by atoms with van der Waals surface area (Å²) < 4.78 is 26.3. The van der Waals surface area contributed by atoms with E-state index in [9.17, 15) is 8.42 Å². The zero-order valence-corrected chi connectivity index (χ0v) is 13.9. The molecule has 0 saturated heterocycles. The van der Waals surface area contributed by atoms with E-state index in [-0.39, 0.29) is 5.75 Å². The molecule has 20 heavy (non-hydrogen) atoms. The molecule has 0 spiro atoms. The molecule has 0 fully saturated rings. The highest BCUT2D eigenvalue weighted by molar-refractivity contribution is 7.89. The van der Waals surface area contributed by atoms with Crippen LogP contribution < -0.4 is 0 Å². The van der Waals surface area contributed by atoms with Gasteiger partial charge in [-0.3, -0.25) is 0 Å². The number of nitrogens with zero attached hydrogens (tertiary/aromatic N) is 1. The molecule has 0 unspecified atom stereocenters. The van der Waals surface area contributed by atoms with Crippen molar-refractivity contribution in [2.75, 3.05) is 18.2 Å². The Morgan fingerprint density at radius 2 is 1.80 bits per heavy atom. The maximum atomic E-state index is 12.3. The van der Waals surface area contributed by atoms with Crippen molar-refractivity contribution in [2.45, 2.75) is 39.7 Å². The number of unbranched alkanes of at least 4 members (excludes halogenated alkanes) is 1. The molecule has 0 aliphatic rings. The number of hydrogen-bond donors (Lipinski definition) is 0. The van der Waals surface area contributed by atoms with Gasteiger partial charge in [-0.25, -0.2) is 8.42 Å². The van der Waals surface area contributed by atoms with Gasteiger partial charge in [0.25, 0.3) is 0 Å². The largest absolute Gasteiger partial charge is 0.214 e. The number of rotatable bonds is 9. The Kier molecular flexibility index (Phi) is 7.56. The molecule has 0 aliphatic heterocycles. The van der Waals surface area contributed by atoms with Crippen LogP contribution in [0.15, 0.2) is 24.3 Å². The summed E-state index contributed by atoms with van der Waals surface area (Å²) in [6, 6.07) is 8.01. The van der Waals surface area contributed by atoms with Crippen LogP contribution in [0.2, 0.25) is 0 Å². The number of hydrogen-bond acceptors (Lipinski definition) is 2. The maximum absolute atomic E-state index is 12.3. The normalized spacial score (nSPS) is 12.0. The first-order chi connectivity index (χ1) is 9.49. The molecule has 0 amide bonds. The van der Waals surface area contributed by atoms with Crippen LogP contribution in [-0.4, -0.2) is 30.9 Å². The van der Waals surface area contributed by atoms with E-state index in [1.54, 1.807) is 4.31 Å². The van der Waals surface area contributed by atoms with Crippen LogP contribution in [0.25, 0.3) is 0 Å². The van der Waals surface area contributed by atoms with E-state index >= 15 is 0 Å². The van der Waals surface area contributed by atoms with Crippen molar-refractivity contribution >= 4 is 21.6 Å². The lowest BCUT2D eigenvalue weighted by atomic mass is 10.1. The van der Waals surface area contributed by atoms with E-state index in [1.807, 2.05) is 38.1 Å². The Hall–Kier alpha value is -0.580. The lowest BCUT2D eigenvalue weighted by Gasteiger charge is -2.21. The van der Waals surface area contributed by atoms with E-state index < -0.39 is 10.0 Å². The molecule has 0 bridgehead atoms. The predicted octanol–water partition coefficient (Wildman–Crippen LogP) is 3.56. The third-order valence-corrected chi connectivity index (χ3v) is 5.30. The number of benzene rings is 1. The van der Waals surface area contributed by atoms with Crippen molar-refractivity contribution in [3.8, 4) is 0 Å². The minimum atomic E-state index is -3.19. The van der Waals surface area contributed by atoms with Gasteiger partial charge >= 0.3 is 0 Å².